The molecule has 0 amide bonds. The number of thioether (sulfide) groups is 1. The smallest absolute Gasteiger partial charge is 0.0328 e. The van der Waals surface area contributed by atoms with Gasteiger partial charge in [-0.25, -0.2) is 0 Å². The van der Waals surface area contributed by atoms with Gasteiger partial charge in [-0.3, -0.25) is 4.90 Å². The fourth-order valence-corrected chi connectivity index (χ4v) is 5.14. The first-order chi connectivity index (χ1) is 9.52. The number of nitrogens with one attached hydrogen (secondary N) is 1. The van der Waals surface area contributed by atoms with Crippen LogP contribution in [-0.4, -0.2) is 35.0 Å². The van der Waals surface area contributed by atoms with Crippen molar-refractivity contribution < 1.29 is 0 Å². The van der Waals surface area contributed by atoms with Crippen LogP contribution in [0.2, 0.25) is 0 Å². The average molecular weight is 313 g/mol. The van der Waals surface area contributed by atoms with Crippen molar-refractivity contribution in [1.82, 2.24) is 10.2 Å². The van der Waals surface area contributed by atoms with Crippen molar-refractivity contribution in [1.29, 1.82) is 0 Å². The van der Waals surface area contributed by atoms with Crippen LogP contribution in [0.5, 0.6) is 0 Å². The van der Waals surface area contributed by atoms with Crippen LogP contribution in [-0.2, 0) is 13.1 Å². The standard InChI is InChI=1S/C16H28N2S2/c1-12(2)7-17-8-15-5-6-16(20-15)11-18-9-13(3)19-14(4)10-18/h5-6,12-14,17H,7-11H2,1-4H3. The predicted octanol–water partition coefficient (Wildman–Crippen LogP) is 3.82. The predicted molar refractivity (Wildman–Crippen MR) is 92.7 cm³/mol. The van der Waals surface area contributed by atoms with Gasteiger partial charge in [0.05, 0.1) is 0 Å². The topological polar surface area (TPSA) is 15.3 Å². The lowest BCUT2D eigenvalue weighted by atomic mass is 10.2. The highest BCUT2D eigenvalue weighted by Gasteiger charge is 2.22. The zero-order chi connectivity index (χ0) is 14.5. The number of hydrogen-bond acceptors (Lipinski definition) is 4. The molecule has 2 rings (SSSR count). The Morgan fingerprint density at radius 3 is 2.50 bits per heavy atom. The second-order valence-corrected chi connectivity index (χ2v) is 9.48. The molecule has 0 saturated carbocycles. The molecule has 1 aliphatic heterocycles. The van der Waals surface area contributed by atoms with E-state index in [9.17, 15) is 0 Å². The second kappa shape index (κ2) is 7.83. The van der Waals surface area contributed by atoms with Crippen LogP contribution >= 0.6 is 23.1 Å². The van der Waals surface area contributed by atoms with Crippen molar-refractivity contribution in [2.24, 2.45) is 5.92 Å². The summed E-state index contributed by atoms with van der Waals surface area (Å²) >= 11 is 4.10. The molecule has 0 aliphatic carbocycles. The highest BCUT2D eigenvalue weighted by Crippen LogP contribution is 2.27. The van der Waals surface area contributed by atoms with Gasteiger partial charge in [0, 0.05) is 46.4 Å². The molecular formula is C16H28N2S2. The Bertz CT molecular complexity index is 393. The third kappa shape index (κ3) is 5.40. The van der Waals surface area contributed by atoms with Gasteiger partial charge in [-0.15, -0.1) is 11.3 Å². The Labute approximate surface area is 132 Å². The van der Waals surface area contributed by atoms with Gasteiger partial charge < -0.3 is 5.32 Å². The van der Waals surface area contributed by atoms with Crippen LogP contribution in [0.4, 0.5) is 0 Å². The minimum absolute atomic E-state index is 0.725. The molecule has 2 heterocycles. The van der Waals surface area contributed by atoms with Crippen molar-refractivity contribution in [3.63, 3.8) is 0 Å². The normalized spacial score (nSPS) is 24.4. The van der Waals surface area contributed by atoms with E-state index in [1.807, 2.05) is 11.3 Å². The fraction of sp³-hybridized carbons (Fsp3) is 0.750. The summed E-state index contributed by atoms with van der Waals surface area (Å²) in [4.78, 5) is 5.59. The van der Waals surface area contributed by atoms with Crippen LogP contribution in [0.25, 0.3) is 0 Å². The number of thiophene rings is 1. The summed E-state index contributed by atoms with van der Waals surface area (Å²) in [5.74, 6) is 0.725. The highest BCUT2D eigenvalue weighted by molar-refractivity contribution is 8.00. The van der Waals surface area contributed by atoms with Crippen LogP contribution in [0.15, 0.2) is 12.1 Å². The fourth-order valence-electron chi connectivity index (χ4n) is 2.72. The maximum absolute atomic E-state index is 3.53. The van der Waals surface area contributed by atoms with Crippen molar-refractivity contribution in [3.8, 4) is 0 Å². The number of rotatable bonds is 6. The molecule has 0 aromatic carbocycles. The van der Waals surface area contributed by atoms with E-state index in [2.05, 4.69) is 61.8 Å². The molecular weight excluding hydrogens is 284 g/mol. The Kier molecular flexibility index (Phi) is 6.40. The molecule has 0 bridgehead atoms. The van der Waals surface area contributed by atoms with E-state index in [1.54, 1.807) is 0 Å². The largest absolute Gasteiger partial charge is 0.312 e. The molecule has 0 spiro atoms. The van der Waals surface area contributed by atoms with Crippen LogP contribution in [0.3, 0.4) is 0 Å². The van der Waals surface area contributed by atoms with Gasteiger partial charge in [0.2, 0.25) is 0 Å². The lowest BCUT2D eigenvalue weighted by Gasteiger charge is -2.34. The van der Waals surface area contributed by atoms with Crippen molar-refractivity contribution in [2.75, 3.05) is 19.6 Å². The van der Waals surface area contributed by atoms with Crippen LogP contribution < -0.4 is 5.32 Å². The lowest BCUT2D eigenvalue weighted by molar-refractivity contribution is 0.265. The first-order valence-corrected chi connectivity index (χ1v) is 9.45. The van der Waals surface area contributed by atoms with Gasteiger partial charge in [0.15, 0.2) is 0 Å². The van der Waals surface area contributed by atoms with Crippen molar-refractivity contribution in [3.05, 3.63) is 21.9 Å². The van der Waals surface area contributed by atoms with Gasteiger partial charge in [0.25, 0.3) is 0 Å². The minimum Gasteiger partial charge on any atom is -0.312 e. The highest BCUT2D eigenvalue weighted by atomic mass is 32.2. The zero-order valence-corrected chi connectivity index (χ0v) is 14.8. The van der Waals surface area contributed by atoms with Crippen molar-refractivity contribution >= 4 is 23.1 Å². The quantitative estimate of drug-likeness (QED) is 0.859. The Balaban J connectivity index is 1.80. The van der Waals surface area contributed by atoms with Gasteiger partial charge >= 0.3 is 0 Å². The molecule has 1 N–H and O–H groups in total. The summed E-state index contributed by atoms with van der Waals surface area (Å²) in [6, 6.07) is 4.60. The Hall–Kier alpha value is -0.0300. The molecule has 1 aromatic heterocycles. The van der Waals surface area contributed by atoms with E-state index >= 15 is 0 Å². The molecule has 0 radical (unpaired) electrons. The first kappa shape index (κ1) is 16.3. The number of hydrogen-bond donors (Lipinski definition) is 1. The van der Waals surface area contributed by atoms with E-state index in [0.717, 1.165) is 36.1 Å². The van der Waals surface area contributed by atoms with E-state index < -0.39 is 0 Å². The monoisotopic (exact) mass is 312 g/mol. The summed E-state index contributed by atoms with van der Waals surface area (Å²) in [6.45, 7) is 14.9. The van der Waals surface area contributed by atoms with Crippen molar-refractivity contribution in [2.45, 2.75) is 51.3 Å². The molecule has 4 heteroatoms. The SMILES string of the molecule is CC(C)CNCc1ccc(CN2CC(C)SC(C)C2)s1. The van der Waals surface area contributed by atoms with Gasteiger partial charge in [-0.05, 0) is 24.6 Å². The molecule has 1 fully saturated rings. The maximum atomic E-state index is 3.53. The Morgan fingerprint density at radius 2 is 1.85 bits per heavy atom. The first-order valence-electron chi connectivity index (χ1n) is 7.69. The summed E-state index contributed by atoms with van der Waals surface area (Å²) < 4.78 is 0. The molecule has 1 aliphatic rings. The lowest BCUT2D eigenvalue weighted by Crippen LogP contribution is -2.39. The summed E-state index contributed by atoms with van der Waals surface area (Å²) in [5.41, 5.74) is 0. The van der Waals surface area contributed by atoms with Crippen LogP contribution in [0, 0.1) is 5.92 Å². The van der Waals surface area contributed by atoms with E-state index in [4.69, 9.17) is 0 Å². The molecule has 1 aromatic rings. The number of nitrogens with zero attached hydrogens (tertiary/aromatic N) is 1. The van der Waals surface area contributed by atoms with Gasteiger partial charge in [-0.2, -0.15) is 11.8 Å². The van der Waals surface area contributed by atoms with E-state index in [1.165, 1.54) is 22.8 Å². The third-order valence-corrected chi connectivity index (χ3v) is 5.74. The van der Waals surface area contributed by atoms with Crippen LogP contribution in [0.1, 0.15) is 37.4 Å². The zero-order valence-electron chi connectivity index (χ0n) is 13.2. The van der Waals surface area contributed by atoms with E-state index in [-0.39, 0.29) is 0 Å². The average Bonchev–Trinajstić information content (AvgIpc) is 2.74. The molecule has 2 atom stereocenters. The minimum atomic E-state index is 0.725. The summed E-state index contributed by atoms with van der Waals surface area (Å²) in [5, 5.41) is 5.06. The molecule has 1 saturated heterocycles. The third-order valence-electron chi connectivity index (χ3n) is 3.44. The molecule has 20 heavy (non-hydrogen) atoms. The summed E-state index contributed by atoms with van der Waals surface area (Å²) in [7, 11) is 0. The van der Waals surface area contributed by atoms with Gasteiger partial charge in [0.1, 0.15) is 0 Å². The Morgan fingerprint density at radius 1 is 1.20 bits per heavy atom. The molecule has 2 nitrogen and oxygen atoms in total. The molecule has 2 unspecified atom stereocenters. The second-order valence-electron chi connectivity index (χ2n) is 6.34. The van der Waals surface area contributed by atoms with E-state index in [0.29, 0.717) is 0 Å². The molecule has 114 valence electrons. The van der Waals surface area contributed by atoms with Gasteiger partial charge in [-0.1, -0.05) is 27.7 Å². The summed E-state index contributed by atoms with van der Waals surface area (Å²) in [6.07, 6.45) is 0. The maximum Gasteiger partial charge on any atom is 0.0328 e.